The molecule has 2 saturated heterocycles. The van der Waals surface area contributed by atoms with Gasteiger partial charge in [0.15, 0.2) is 0 Å². The van der Waals surface area contributed by atoms with Crippen molar-refractivity contribution < 1.29 is 48.1 Å². The number of nitrogens with one attached hydrogen (secondary N) is 1. The van der Waals surface area contributed by atoms with E-state index >= 15 is 0 Å². The minimum atomic E-state index is -0.907. The van der Waals surface area contributed by atoms with Gasteiger partial charge in [-0.2, -0.15) is 11.8 Å². The summed E-state index contributed by atoms with van der Waals surface area (Å²) >= 11 is 1.38. The second-order valence-corrected chi connectivity index (χ2v) is 20.7. The smallest absolute Gasteiger partial charge is 0.246 e. The lowest BCUT2D eigenvalue weighted by Crippen LogP contribution is -2.60. The van der Waals surface area contributed by atoms with Crippen LogP contribution in [0.1, 0.15) is 125 Å². The van der Waals surface area contributed by atoms with Gasteiger partial charge in [0.25, 0.3) is 0 Å². The second kappa shape index (κ2) is 27.4. The molecule has 384 valence electrons. The van der Waals surface area contributed by atoms with Crippen molar-refractivity contribution in [3.05, 3.63) is 35.9 Å². The van der Waals surface area contributed by atoms with Crippen molar-refractivity contribution in [2.24, 2.45) is 23.7 Å². The molecule has 0 saturated carbocycles. The van der Waals surface area contributed by atoms with E-state index in [1.54, 1.807) is 56.9 Å². The molecule has 16 nitrogen and oxygen atoms in total. The molecular formula is C51H84N6O10S. The number of amides is 7. The summed E-state index contributed by atoms with van der Waals surface area (Å²) < 4.78 is 12.1. The third kappa shape index (κ3) is 14.5. The molecule has 0 aromatic heterocycles. The van der Waals surface area contributed by atoms with Gasteiger partial charge in [0.2, 0.25) is 41.4 Å². The highest BCUT2D eigenvalue weighted by Crippen LogP contribution is 2.31. The van der Waals surface area contributed by atoms with Crippen molar-refractivity contribution in [1.29, 1.82) is 0 Å². The number of aliphatic hydroxyl groups is 1. The zero-order valence-corrected chi connectivity index (χ0v) is 44.3. The number of rotatable bonds is 27. The number of hydrogen-bond donors (Lipinski definition) is 2. The topological polar surface area (TPSA) is 186 Å². The standard InChI is InChI=1S/C51H84N6O10S/c1-15-33(6)45(38(66-12)29-41(59)56-28-22-25-37(56)47(67-13)34(7)48(62)52-35(8)46(61)36-23-18-16-19-24-36)55(11)51(65)44(32(4)5)54(10)50(64)43(31(2)3)53(9)40(58)26-20-17-21-27-57-42(60)30-39(68-14)49(57)63/h16,18-19,23-24,31-35,37-39,43-47,61H,15,17,20-22,25-30H2,1-14H3,(H,52,62)/t33-,34+,35+,37-,38+,39?,43-,44-,45-,46+,47+/m0/s1. The molecule has 2 heterocycles. The van der Waals surface area contributed by atoms with Gasteiger partial charge in [-0.1, -0.05) is 91.6 Å². The fourth-order valence-corrected chi connectivity index (χ4v) is 10.8. The zero-order valence-electron chi connectivity index (χ0n) is 43.4. The Balaban J connectivity index is 1.72. The first-order valence-electron chi connectivity index (χ1n) is 24.6. The highest BCUT2D eigenvalue weighted by molar-refractivity contribution is 8.00. The maximum absolute atomic E-state index is 14.8. The number of aliphatic hydroxyl groups excluding tert-OH is 1. The van der Waals surface area contributed by atoms with E-state index in [2.05, 4.69) is 5.32 Å². The van der Waals surface area contributed by atoms with E-state index in [1.807, 2.05) is 66.0 Å². The maximum atomic E-state index is 14.8. The summed E-state index contributed by atoms with van der Waals surface area (Å²) in [7, 11) is 8.00. The average Bonchev–Trinajstić information content (AvgIpc) is 3.91. The Morgan fingerprint density at radius 1 is 0.853 bits per heavy atom. The van der Waals surface area contributed by atoms with E-state index in [4.69, 9.17) is 9.47 Å². The molecule has 0 spiro atoms. The molecule has 68 heavy (non-hydrogen) atoms. The summed E-state index contributed by atoms with van der Waals surface area (Å²) in [5.41, 5.74) is 0.690. The fraction of sp³-hybridized carbons (Fsp3) is 0.745. The van der Waals surface area contributed by atoms with E-state index in [0.29, 0.717) is 50.8 Å². The molecule has 0 bridgehead atoms. The van der Waals surface area contributed by atoms with Gasteiger partial charge in [-0.3, -0.25) is 38.5 Å². The van der Waals surface area contributed by atoms with E-state index in [1.165, 1.54) is 40.7 Å². The van der Waals surface area contributed by atoms with Gasteiger partial charge in [-0.15, -0.1) is 0 Å². The lowest BCUT2D eigenvalue weighted by Gasteiger charge is -2.43. The number of carbonyl (C=O) groups is 7. The average molecular weight is 973 g/mol. The molecule has 2 aliphatic rings. The number of likely N-dealkylation sites (tertiary alicyclic amines) is 2. The SMILES string of the molecule is CC[C@H](C)[C@@H]([C@@H](CC(=O)N1CCC[C@H]1[C@H](OC)[C@@H](C)C(=O)N[C@H](C)[C@@H](O)c1ccccc1)OC)N(C)C(=O)[C@H](C(C)C)N(C)C(=O)[C@H](C(C)C)N(C)C(=O)CCCCCN1C(=O)CC(SC)C1=O. The molecule has 2 N–H and O–H groups in total. The van der Waals surface area contributed by atoms with Crippen LogP contribution >= 0.6 is 11.8 Å². The number of carbonyl (C=O) groups excluding carboxylic acids is 7. The van der Waals surface area contributed by atoms with E-state index in [9.17, 15) is 38.7 Å². The van der Waals surface area contributed by atoms with Crippen LogP contribution in [0.15, 0.2) is 30.3 Å². The van der Waals surface area contributed by atoms with Gasteiger partial charge in [-0.25, -0.2) is 0 Å². The number of benzene rings is 1. The fourth-order valence-electron chi connectivity index (χ4n) is 10.2. The van der Waals surface area contributed by atoms with Crippen molar-refractivity contribution in [2.75, 3.05) is 54.7 Å². The Morgan fingerprint density at radius 3 is 2.00 bits per heavy atom. The first kappa shape index (κ1) is 58.3. The van der Waals surface area contributed by atoms with Crippen molar-refractivity contribution in [1.82, 2.24) is 29.8 Å². The number of unbranched alkanes of at least 4 members (excludes halogenated alkanes) is 2. The molecule has 1 aromatic carbocycles. The summed E-state index contributed by atoms with van der Waals surface area (Å²) in [6, 6.07) is 5.88. The van der Waals surface area contributed by atoms with Gasteiger partial charge in [0, 0.05) is 61.3 Å². The first-order chi connectivity index (χ1) is 32.1. The number of thioether (sulfide) groups is 1. The predicted molar refractivity (Wildman–Crippen MR) is 265 cm³/mol. The monoisotopic (exact) mass is 973 g/mol. The molecule has 17 heteroatoms. The number of ether oxygens (including phenoxy) is 2. The molecule has 3 rings (SSSR count). The molecule has 11 atom stereocenters. The van der Waals surface area contributed by atoms with Crippen LogP contribution in [0.4, 0.5) is 0 Å². The Morgan fingerprint density at radius 2 is 1.46 bits per heavy atom. The molecule has 2 fully saturated rings. The third-order valence-electron chi connectivity index (χ3n) is 14.3. The Labute approximate surface area is 410 Å². The van der Waals surface area contributed by atoms with Gasteiger partial charge >= 0.3 is 0 Å². The van der Waals surface area contributed by atoms with Crippen LogP contribution in [0.25, 0.3) is 0 Å². The highest BCUT2D eigenvalue weighted by atomic mass is 32.2. The number of methoxy groups -OCH3 is 2. The first-order valence-corrected chi connectivity index (χ1v) is 25.9. The summed E-state index contributed by atoms with van der Waals surface area (Å²) in [4.78, 5) is 103. The lowest BCUT2D eigenvalue weighted by atomic mass is 9.89. The van der Waals surface area contributed by atoms with Crippen molar-refractivity contribution >= 4 is 53.1 Å². The maximum Gasteiger partial charge on any atom is 0.246 e. The molecule has 0 radical (unpaired) electrons. The highest BCUT2D eigenvalue weighted by Gasteiger charge is 2.45. The minimum Gasteiger partial charge on any atom is -0.386 e. The second-order valence-electron chi connectivity index (χ2n) is 19.7. The van der Waals surface area contributed by atoms with E-state index < -0.39 is 54.4 Å². The van der Waals surface area contributed by atoms with Crippen LogP contribution in [0, 0.1) is 23.7 Å². The van der Waals surface area contributed by atoms with Crippen LogP contribution in [-0.4, -0.2) is 173 Å². The van der Waals surface area contributed by atoms with Crippen molar-refractivity contribution in [2.45, 2.75) is 167 Å². The van der Waals surface area contributed by atoms with Crippen LogP contribution in [-0.2, 0) is 43.0 Å². The van der Waals surface area contributed by atoms with Gasteiger partial charge in [0.05, 0.1) is 54.0 Å². The number of nitrogens with zero attached hydrogens (tertiary/aromatic N) is 5. The summed E-state index contributed by atoms with van der Waals surface area (Å²) in [5, 5.41) is 13.5. The van der Waals surface area contributed by atoms with Gasteiger partial charge < -0.3 is 39.5 Å². The van der Waals surface area contributed by atoms with Crippen molar-refractivity contribution in [3.63, 3.8) is 0 Å². The Hall–Kier alpha value is -4.06. The molecular weight excluding hydrogens is 889 g/mol. The largest absolute Gasteiger partial charge is 0.386 e. The van der Waals surface area contributed by atoms with Crippen molar-refractivity contribution in [3.8, 4) is 0 Å². The molecule has 1 aromatic rings. The van der Waals surface area contributed by atoms with Gasteiger partial charge in [-0.05, 0) is 62.2 Å². The molecule has 2 aliphatic heterocycles. The normalized spacial score (nSPS) is 20.4. The summed E-state index contributed by atoms with van der Waals surface area (Å²) in [6.07, 6.45) is 3.73. The van der Waals surface area contributed by atoms with Crippen LogP contribution in [0.3, 0.4) is 0 Å². The van der Waals surface area contributed by atoms with E-state index in [0.717, 1.165) is 6.42 Å². The van der Waals surface area contributed by atoms with Gasteiger partial charge in [0.1, 0.15) is 12.1 Å². The Kier molecular flexibility index (Phi) is 23.4. The summed E-state index contributed by atoms with van der Waals surface area (Å²) in [5.74, 6) is -3.01. The lowest BCUT2D eigenvalue weighted by molar-refractivity contribution is -0.156. The number of hydrogen-bond acceptors (Lipinski definition) is 11. The molecule has 1 unspecified atom stereocenters. The number of likely N-dealkylation sites (N-methyl/N-ethyl adjacent to an activating group) is 3. The Bertz CT molecular complexity index is 1840. The van der Waals surface area contributed by atoms with Crippen LogP contribution < -0.4 is 5.32 Å². The molecule has 0 aliphatic carbocycles. The molecule has 7 amide bonds. The predicted octanol–water partition coefficient (Wildman–Crippen LogP) is 5.16. The number of imide groups is 1. The minimum absolute atomic E-state index is 0.0344. The third-order valence-corrected chi connectivity index (χ3v) is 15.3. The van der Waals surface area contributed by atoms with Crippen LogP contribution in [0.2, 0.25) is 0 Å². The summed E-state index contributed by atoms with van der Waals surface area (Å²) in [6.45, 7) is 15.9. The van der Waals surface area contributed by atoms with Crippen LogP contribution in [0.5, 0.6) is 0 Å². The zero-order chi connectivity index (χ0) is 51.2. The van der Waals surface area contributed by atoms with E-state index in [-0.39, 0.29) is 83.6 Å². The quantitative estimate of drug-likeness (QED) is 0.0877.